The van der Waals surface area contributed by atoms with Crippen LogP contribution in [0.5, 0.6) is 0 Å². The lowest BCUT2D eigenvalue weighted by atomic mass is 9.48. The first-order chi connectivity index (χ1) is 15.9. The average molecular weight is 483 g/mol. The van der Waals surface area contributed by atoms with Crippen LogP contribution in [-0.2, 0) is 23.8 Å². The number of hydrogen-bond donors (Lipinski definition) is 1. The predicted octanol–water partition coefficient (Wildman–Crippen LogP) is 4.17. The van der Waals surface area contributed by atoms with Crippen LogP contribution in [0.15, 0.2) is 0 Å². The van der Waals surface area contributed by atoms with Gasteiger partial charge in [-0.1, -0.05) is 0 Å². The van der Waals surface area contributed by atoms with Crippen molar-refractivity contribution in [2.24, 2.45) is 29.1 Å². The average Bonchev–Trinajstić information content (AvgIpc) is 2.67. The van der Waals surface area contributed by atoms with Crippen LogP contribution >= 0.6 is 0 Å². The summed E-state index contributed by atoms with van der Waals surface area (Å²) in [5, 5.41) is 10.9. The molecule has 8 bridgehead atoms. The zero-order valence-electron chi connectivity index (χ0n) is 20.0. The van der Waals surface area contributed by atoms with Crippen molar-refractivity contribution >= 4 is 11.9 Å². The summed E-state index contributed by atoms with van der Waals surface area (Å²) in [5.41, 5.74) is -2.66. The zero-order valence-corrected chi connectivity index (χ0v) is 20.0. The van der Waals surface area contributed by atoms with Crippen LogP contribution < -0.4 is 0 Å². The molecule has 0 aliphatic heterocycles. The summed E-state index contributed by atoms with van der Waals surface area (Å²) in [7, 11) is 0. The molecule has 0 saturated heterocycles. The van der Waals surface area contributed by atoms with Gasteiger partial charge >= 0.3 is 11.9 Å². The first-order valence-corrected chi connectivity index (χ1v) is 13.0. The summed E-state index contributed by atoms with van der Waals surface area (Å²) in [6.45, 7) is -0.328. The third kappa shape index (κ3) is 4.06. The molecular formula is C26H36F2O6. The minimum absolute atomic E-state index is 0.174. The number of carbonyl (C=O) groups excluding carboxylic acids is 2. The maximum absolute atomic E-state index is 13.3. The maximum atomic E-state index is 13.3. The van der Waals surface area contributed by atoms with Gasteiger partial charge in [0.15, 0.2) is 6.61 Å². The maximum Gasteiger partial charge on any atom is 0.332 e. The van der Waals surface area contributed by atoms with Crippen molar-refractivity contribution < 1.29 is 37.7 Å². The summed E-state index contributed by atoms with van der Waals surface area (Å²) in [6, 6.07) is 0. The standard InChI is InChI=1S/C26H36F2O6/c1-22(27,28)15-32-21(30)23-4-16-2-17(5-23)9-25(8-16,13-23)33-12-20(29)34-26-10-18-3-19(11-26)7-24(31,6-18)14-26/h16-19,31H,2-15H2,1H3. The fraction of sp³-hybridized carbons (Fsp3) is 0.923. The minimum Gasteiger partial charge on any atom is -0.459 e. The highest BCUT2D eigenvalue weighted by molar-refractivity contribution is 5.78. The second-order valence-corrected chi connectivity index (χ2v) is 13.2. The molecule has 0 spiro atoms. The van der Waals surface area contributed by atoms with E-state index < -0.39 is 46.7 Å². The van der Waals surface area contributed by atoms with E-state index in [0.29, 0.717) is 37.5 Å². The monoisotopic (exact) mass is 482 g/mol. The second-order valence-electron chi connectivity index (χ2n) is 13.2. The van der Waals surface area contributed by atoms with Crippen molar-refractivity contribution in [3.05, 3.63) is 0 Å². The van der Waals surface area contributed by atoms with Gasteiger partial charge in [0.2, 0.25) is 0 Å². The van der Waals surface area contributed by atoms with Gasteiger partial charge < -0.3 is 19.3 Å². The van der Waals surface area contributed by atoms with Crippen molar-refractivity contribution in [1.29, 1.82) is 0 Å². The molecule has 8 heteroatoms. The molecule has 0 aromatic carbocycles. The summed E-state index contributed by atoms with van der Waals surface area (Å²) in [5.74, 6) is -2.59. The topological polar surface area (TPSA) is 82.1 Å². The summed E-state index contributed by atoms with van der Waals surface area (Å²) >= 11 is 0. The quantitative estimate of drug-likeness (QED) is 0.549. The molecule has 8 fully saturated rings. The number of carbonyl (C=O) groups is 2. The van der Waals surface area contributed by atoms with Crippen molar-refractivity contribution in [3.63, 3.8) is 0 Å². The highest BCUT2D eigenvalue weighted by Crippen LogP contribution is 2.63. The Morgan fingerprint density at radius 3 is 2.00 bits per heavy atom. The van der Waals surface area contributed by atoms with Crippen molar-refractivity contribution in [2.45, 2.75) is 107 Å². The third-order valence-electron chi connectivity index (χ3n) is 9.70. The predicted molar refractivity (Wildman–Crippen MR) is 116 cm³/mol. The molecule has 8 aliphatic carbocycles. The van der Waals surface area contributed by atoms with Crippen molar-refractivity contribution in [1.82, 2.24) is 0 Å². The molecule has 34 heavy (non-hydrogen) atoms. The molecule has 6 nitrogen and oxygen atoms in total. The molecule has 8 saturated carbocycles. The van der Waals surface area contributed by atoms with E-state index in [1.165, 1.54) is 0 Å². The van der Waals surface area contributed by atoms with Crippen LogP contribution in [0.3, 0.4) is 0 Å². The van der Waals surface area contributed by atoms with Crippen molar-refractivity contribution in [2.75, 3.05) is 13.2 Å². The van der Waals surface area contributed by atoms with E-state index in [1.807, 2.05) is 0 Å². The van der Waals surface area contributed by atoms with Crippen LogP contribution in [0.4, 0.5) is 8.78 Å². The van der Waals surface area contributed by atoms with Crippen LogP contribution in [0.25, 0.3) is 0 Å². The number of halogens is 2. The lowest BCUT2D eigenvalue weighted by molar-refractivity contribution is -0.234. The Bertz CT molecular complexity index is 853. The van der Waals surface area contributed by atoms with E-state index in [9.17, 15) is 23.5 Å². The van der Waals surface area contributed by atoms with Gasteiger partial charge in [-0.2, -0.15) is 0 Å². The molecule has 190 valence electrons. The number of aliphatic hydroxyl groups is 1. The lowest BCUT2D eigenvalue weighted by Gasteiger charge is -2.60. The van der Waals surface area contributed by atoms with Gasteiger partial charge in [0.25, 0.3) is 5.92 Å². The second kappa shape index (κ2) is 7.37. The van der Waals surface area contributed by atoms with E-state index in [4.69, 9.17) is 14.2 Å². The first kappa shape index (κ1) is 23.1. The summed E-state index contributed by atoms with van der Waals surface area (Å²) in [4.78, 5) is 25.9. The molecule has 1 N–H and O–H groups in total. The minimum atomic E-state index is -3.06. The van der Waals surface area contributed by atoms with Gasteiger partial charge in [-0.3, -0.25) is 4.79 Å². The first-order valence-electron chi connectivity index (χ1n) is 13.0. The Morgan fingerprint density at radius 1 is 0.882 bits per heavy atom. The Hall–Kier alpha value is -1.28. The number of hydrogen-bond acceptors (Lipinski definition) is 6. The Morgan fingerprint density at radius 2 is 1.44 bits per heavy atom. The normalized spacial score (nSPS) is 48.2. The summed E-state index contributed by atoms with van der Waals surface area (Å²) < 4.78 is 44.0. The van der Waals surface area contributed by atoms with Gasteiger partial charge in [-0.05, 0) is 94.3 Å². The Kier molecular flexibility index (Phi) is 5.02. The number of ether oxygens (including phenoxy) is 3. The van der Waals surface area contributed by atoms with E-state index in [2.05, 4.69) is 0 Å². The van der Waals surface area contributed by atoms with Crippen LogP contribution in [0.2, 0.25) is 0 Å². The SMILES string of the molecule is CC(F)(F)COC(=O)C12CC3CC(CC(OCC(=O)OC45CC6CC(CC(O)(C6)C4)C5)(C3)C1)C2. The fourth-order valence-electron chi connectivity index (χ4n) is 9.66. The van der Waals surface area contributed by atoms with Gasteiger partial charge in [-0.15, -0.1) is 0 Å². The molecule has 0 radical (unpaired) electrons. The van der Waals surface area contributed by atoms with Crippen LogP contribution in [0, 0.1) is 29.1 Å². The summed E-state index contributed by atoms with van der Waals surface area (Å²) in [6.07, 6.45) is 9.21. The van der Waals surface area contributed by atoms with Crippen LogP contribution in [-0.4, -0.2) is 53.0 Å². The smallest absolute Gasteiger partial charge is 0.332 e. The number of esters is 2. The fourth-order valence-corrected chi connectivity index (χ4v) is 9.66. The van der Waals surface area contributed by atoms with Crippen molar-refractivity contribution in [3.8, 4) is 0 Å². The molecule has 0 aromatic rings. The molecule has 0 aromatic heterocycles. The largest absolute Gasteiger partial charge is 0.459 e. The van der Waals surface area contributed by atoms with E-state index >= 15 is 0 Å². The molecule has 0 amide bonds. The lowest BCUT2D eigenvalue weighted by Crippen LogP contribution is -2.61. The van der Waals surface area contributed by atoms with Gasteiger partial charge in [0, 0.05) is 13.3 Å². The molecule has 8 aliphatic rings. The molecule has 8 rings (SSSR count). The van der Waals surface area contributed by atoms with Gasteiger partial charge in [-0.25, -0.2) is 13.6 Å². The number of rotatable bonds is 7. The molecule has 4 unspecified atom stereocenters. The van der Waals surface area contributed by atoms with Gasteiger partial charge in [0.05, 0.1) is 16.6 Å². The van der Waals surface area contributed by atoms with Crippen LogP contribution in [0.1, 0.15) is 84.0 Å². The zero-order chi connectivity index (χ0) is 24.0. The number of alkyl halides is 2. The Labute approximate surface area is 199 Å². The van der Waals surface area contributed by atoms with E-state index in [-0.39, 0.29) is 18.4 Å². The highest BCUT2D eigenvalue weighted by Gasteiger charge is 2.63. The molecule has 4 atom stereocenters. The van der Waals surface area contributed by atoms with E-state index in [0.717, 1.165) is 58.3 Å². The molecular weight excluding hydrogens is 446 g/mol. The van der Waals surface area contributed by atoms with E-state index in [1.54, 1.807) is 0 Å². The highest BCUT2D eigenvalue weighted by atomic mass is 19.3. The Balaban J connectivity index is 1.11. The third-order valence-corrected chi connectivity index (χ3v) is 9.70. The molecule has 0 heterocycles. The van der Waals surface area contributed by atoms with Gasteiger partial charge in [0.1, 0.15) is 12.2 Å².